The number of rotatable bonds is 4. The zero-order valence-corrected chi connectivity index (χ0v) is 15.2. The van der Waals surface area contributed by atoms with E-state index in [0.717, 1.165) is 38.0 Å². The summed E-state index contributed by atoms with van der Waals surface area (Å²) in [5.41, 5.74) is 5.93. The number of aromatic nitrogens is 2. The van der Waals surface area contributed by atoms with Crippen molar-refractivity contribution in [2.45, 2.75) is 32.2 Å². The van der Waals surface area contributed by atoms with Crippen LogP contribution in [0.15, 0.2) is 54.7 Å². The Bertz CT molecular complexity index is 886. The van der Waals surface area contributed by atoms with Crippen molar-refractivity contribution >= 4 is 0 Å². The summed E-state index contributed by atoms with van der Waals surface area (Å²) in [5.74, 6) is 0.823. The van der Waals surface area contributed by atoms with Gasteiger partial charge < -0.3 is 5.11 Å². The van der Waals surface area contributed by atoms with Gasteiger partial charge in [-0.05, 0) is 37.9 Å². The van der Waals surface area contributed by atoms with Crippen LogP contribution in [0, 0.1) is 6.92 Å². The molecule has 26 heavy (non-hydrogen) atoms. The molecule has 0 amide bonds. The van der Waals surface area contributed by atoms with Gasteiger partial charge in [0.05, 0.1) is 6.20 Å². The summed E-state index contributed by atoms with van der Waals surface area (Å²) in [6.07, 6.45) is 4.27. The number of phenols is 1. The van der Waals surface area contributed by atoms with Crippen molar-refractivity contribution in [3.8, 4) is 16.9 Å². The number of nitrogens with one attached hydrogen (secondary N) is 1. The van der Waals surface area contributed by atoms with Crippen LogP contribution < -0.4 is 0 Å². The van der Waals surface area contributed by atoms with Crippen LogP contribution in [0.3, 0.4) is 0 Å². The van der Waals surface area contributed by atoms with Gasteiger partial charge in [-0.25, -0.2) is 0 Å². The molecule has 1 atom stereocenters. The van der Waals surface area contributed by atoms with E-state index in [1.807, 2.05) is 24.4 Å². The van der Waals surface area contributed by atoms with E-state index in [4.69, 9.17) is 0 Å². The first kappa shape index (κ1) is 16.9. The van der Waals surface area contributed by atoms with Gasteiger partial charge in [0.1, 0.15) is 5.75 Å². The minimum Gasteiger partial charge on any atom is -0.508 e. The molecule has 4 nitrogen and oxygen atoms in total. The Hall–Kier alpha value is -2.59. The molecule has 4 rings (SSSR count). The standard InChI is InChI=1S/C22H25N3O/c1-16-6-4-8-17(12-16)20-13-23-24-22(20)19-9-5-11-25(15-19)14-18-7-2-3-10-21(18)26/h2-4,6-8,10,12-13,19,26H,5,9,11,14-15H2,1H3,(H,23,24)/t19-/m0/s1. The fourth-order valence-corrected chi connectivity index (χ4v) is 3.97. The Labute approximate surface area is 154 Å². The average molecular weight is 347 g/mol. The van der Waals surface area contributed by atoms with Gasteiger partial charge in [0.25, 0.3) is 0 Å². The average Bonchev–Trinajstić information content (AvgIpc) is 3.14. The van der Waals surface area contributed by atoms with E-state index in [1.54, 1.807) is 6.07 Å². The Morgan fingerprint density at radius 2 is 2.08 bits per heavy atom. The van der Waals surface area contributed by atoms with E-state index in [-0.39, 0.29) is 0 Å². The lowest BCUT2D eigenvalue weighted by molar-refractivity contribution is 0.197. The maximum Gasteiger partial charge on any atom is 0.120 e. The Balaban J connectivity index is 1.54. The number of hydrogen-bond donors (Lipinski definition) is 2. The van der Waals surface area contributed by atoms with E-state index in [9.17, 15) is 5.11 Å². The first-order valence-corrected chi connectivity index (χ1v) is 9.30. The minimum atomic E-state index is 0.386. The van der Waals surface area contributed by atoms with Gasteiger partial charge in [-0.2, -0.15) is 5.10 Å². The fourth-order valence-electron chi connectivity index (χ4n) is 3.97. The van der Waals surface area contributed by atoms with E-state index < -0.39 is 0 Å². The number of aromatic amines is 1. The number of nitrogens with zero attached hydrogens (tertiary/aromatic N) is 2. The van der Waals surface area contributed by atoms with Crippen LogP contribution in [0.25, 0.3) is 11.1 Å². The molecule has 1 saturated heterocycles. The molecular formula is C22H25N3O. The number of hydrogen-bond acceptors (Lipinski definition) is 3. The van der Waals surface area contributed by atoms with Crippen molar-refractivity contribution in [1.29, 1.82) is 0 Å². The molecule has 2 N–H and O–H groups in total. The summed E-state index contributed by atoms with van der Waals surface area (Å²) >= 11 is 0. The van der Waals surface area contributed by atoms with E-state index >= 15 is 0 Å². The number of H-pyrrole nitrogens is 1. The maximum atomic E-state index is 10.1. The summed E-state index contributed by atoms with van der Waals surface area (Å²) in [6.45, 7) is 4.96. The third-order valence-electron chi connectivity index (χ3n) is 5.30. The first-order valence-electron chi connectivity index (χ1n) is 9.30. The van der Waals surface area contributed by atoms with Crippen LogP contribution >= 0.6 is 0 Å². The monoisotopic (exact) mass is 347 g/mol. The van der Waals surface area contributed by atoms with Crippen LogP contribution in [0.4, 0.5) is 0 Å². The van der Waals surface area contributed by atoms with Crippen LogP contribution in [-0.4, -0.2) is 33.3 Å². The molecule has 2 aromatic carbocycles. The molecule has 1 aromatic heterocycles. The van der Waals surface area contributed by atoms with Crippen LogP contribution in [0.1, 0.15) is 35.6 Å². The van der Waals surface area contributed by atoms with Gasteiger partial charge in [-0.15, -0.1) is 0 Å². The zero-order chi connectivity index (χ0) is 17.9. The Morgan fingerprint density at radius 1 is 1.19 bits per heavy atom. The number of likely N-dealkylation sites (tertiary alicyclic amines) is 1. The molecule has 1 aliphatic heterocycles. The SMILES string of the molecule is Cc1cccc(-c2cn[nH]c2[C@H]2CCCN(Cc3ccccc3O)C2)c1. The van der Waals surface area contributed by atoms with Gasteiger partial charge >= 0.3 is 0 Å². The van der Waals surface area contributed by atoms with Crippen molar-refractivity contribution in [1.82, 2.24) is 15.1 Å². The molecule has 3 aromatic rings. The quantitative estimate of drug-likeness (QED) is 0.732. The Morgan fingerprint density at radius 3 is 2.92 bits per heavy atom. The number of aryl methyl sites for hydroxylation is 1. The highest BCUT2D eigenvalue weighted by Gasteiger charge is 2.25. The predicted octanol–water partition coefficient (Wildman–Crippen LogP) is 4.47. The van der Waals surface area contributed by atoms with Gasteiger partial charge in [0, 0.05) is 35.8 Å². The second-order valence-electron chi connectivity index (χ2n) is 7.27. The minimum absolute atomic E-state index is 0.386. The molecule has 0 spiro atoms. The highest BCUT2D eigenvalue weighted by molar-refractivity contribution is 5.66. The molecule has 4 heteroatoms. The van der Waals surface area contributed by atoms with E-state index in [0.29, 0.717) is 11.7 Å². The summed E-state index contributed by atoms with van der Waals surface area (Å²) in [7, 11) is 0. The second kappa shape index (κ2) is 7.34. The molecule has 1 fully saturated rings. The molecule has 0 aliphatic carbocycles. The van der Waals surface area contributed by atoms with Crippen molar-refractivity contribution in [2.24, 2.45) is 0 Å². The van der Waals surface area contributed by atoms with E-state index in [1.165, 1.54) is 22.4 Å². The van der Waals surface area contributed by atoms with E-state index in [2.05, 4.69) is 46.3 Å². The van der Waals surface area contributed by atoms with Gasteiger partial charge in [-0.1, -0.05) is 48.0 Å². The summed E-state index contributed by atoms with van der Waals surface area (Å²) in [5, 5.41) is 17.7. The third kappa shape index (κ3) is 3.51. The summed E-state index contributed by atoms with van der Waals surface area (Å²) in [4.78, 5) is 2.43. The molecule has 1 aliphatic rings. The lowest BCUT2D eigenvalue weighted by atomic mass is 9.90. The molecule has 0 radical (unpaired) electrons. The highest BCUT2D eigenvalue weighted by Crippen LogP contribution is 2.34. The number of aromatic hydroxyl groups is 1. The van der Waals surface area contributed by atoms with Crippen LogP contribution in [0.5, 0.6) is 5.75 Å². The normalized spacial score (nSPS) is 18.1. The van der Waals surface area contributed by atoms with Crippen molar-refractivity contribution < 1.29 is 5.11 Å². The molecule has 0 bridgehead atoms. The topological polar surface area (TPSA) is 52.2 Å². The number of benzene rings is 2. The summed E-state index contributed by atoms with van der Waals surface area (Å²) < 4.78 is 0. The van der Waals surface area contributed by atoms with Crippen LogP contribution in [-0.2, 0) is 6.54 Å². The van der Waals surface area contributed by atoms with Crippen molar-refractivity contribution in [3.63, 3.8) is 0 Å². The maximum absolute atomic E-state index is 10.1. The Kier molecular flexibility index (Phi) is 4.76. The van der Waals surface area contributed by atoms with Gasteiger partial charge in [0.2, 0.25) is 0 Å². The smallest absolute Gasteiger partial charge is 0.120 e. The highest BCUT2D eigenvalue weighted by atomic mass is 16.3. The third-order valence-corrected chi connectivity index (χ3v) is 5.30. The molecule has 0 saturated carbocycles. The first-order chi connectivity index (χ1) is 12.7. The summed E-state index contributed by atoms with van der Waals surface area (Å²) in [6, 6.07) is 16.2. The van der Waals surface area contributed by atoms with Crippen LogP contribution in [0.2, 0.25) is 0 Å². The van der Waals surface area contributed by atoms with Gasteiger partial charge in [-0.3, -0.25) is 10.00 Å². The fraction of sp³-hybridized carbons (Fsp3) is 0.318. The molecule has 0 unspecified atom stereocenters. The van der Waals surface area contributed by atoms with Gasteiger partial charge in [0.15, 0.2) is 0 Å². The van der Waals surface area contributed by atoms with Crippen molar-refractivity contribution in [3.05, 3.63) is 71.5 Å². The largest absolute Gasteiger partial charge is 0.508 e. The molecule has 2 heterocycles. The molecular weight excluding hydrogens is 322 g/mol. The lowest BCUT2D eigenvalue weighted by Crippen LogP contribution is -2.34. The number of phenolic OH excluding ortho intramolecular Hbond substituents is 1. The lowest BCUT2D eigenvalue weighted by Gasteiger charge is -2.32. The number of piperidine rings is 1. The molecule has 134 valence electrons. The predicted molar refractivity (Wildman–Crippen MR) is 104 cm³/mol. The zero-order valence-electron chi connectivity index (χ0n) is 15.2. The number of para-hydroxylation sites is 1. The van der Waals surface area contributed by atoms with Crippen molar-refractivity contribution in [2.75, 3.05) is 13.1 Å². The second-order valence-corrected chi connectivity index (χ2v) is 7.27.